The van der Waals surface area contributed by atoms with Crippen molar-refractivity contribution in [1.82, 2.24) is 9.78 Å². The van der Waals surface area contributed by atoms with E-state index in [0.29, 0.717) is 17.3 Å². The van der Waals surface area contributed by atoms with Gasteiger partial charge in [0.15, 0.2) is 5.82 Å². The second-order valence-corrected chi connectivity index (χ2v) is 6.14. The van der Waals surface area contributed by atoms with E-state index in [-0.39, 0.29) is 5.91 Å². The molecule has 0 aliphatic rings. The number of nitrogens with zero attached hydrogens (tertiary/aromatic N) is 2. The van der Waals surface area contributed by atoms with Gasteiger partial charge in [0.2, 0.25) is 0 Å². The number of thiophene rings is 1. The topological polar surface area (TPSA) is 46.9 Å². The smallest absolute Gasteiger partial charge is 0.257 e. The molecule has 0 aliphatic heterocycles. The number of carbonyl (C=O) groups is 1. The Labute approximate surface area is 133 Å². The standard InChI is InChI=1S/C17H17N3OS/c1-12(2)13-3-5-15(6-4-13)20-9-7-16(19-20)18-17(21)14-8-10-22-11-14/h3-12H,1-2H3,(H,18,19,21). The van der Waals surface area contributed by atoms with Gasteiger partial charge in [-0.1, -0.05) is 26.0 Å². The van der Waals surface area contributed by atoms with Crippen LogP contribution in [0.15, 0.2) is 53.4 Å². The van der Waals surface area contributed by atoms with Gasteiger partial charge in [-0.15, -0.1) is 0 Å². The van der Waals surface area contributed by atoms with Crippen molar-refractivity contribution in [2.45, 2.75) is 19.8 Å². The van der Waals surface area contributed by atoms with Crippen LogP contribution < -0.4 is 5.32 Å². The van der Waals surface area contributed by atoms with Gasteiger partial charge in [0.1, 0.15) is 0 Å². The summed E-state index contributed by atoms with van der Waals surface area (Å²) < 4.78 is 1.76. The molecule has 1 N–H and O–H groups in total. The lowest BCUT2D eigenvalue weighted by molar-refractivity contribution is 0.102. The fraction of sp³-hybridized carbons (Fsp3) is 0.176. The first kappa shape index (κ1) is 14.5. The summed E-state index contributed by atoms with van der Waals surface area (Å²) in [6, 6.07) is 11.9. The van der Waals surface area contributed by atoms with E-state index in [4.69, 9.17) is 0 Å². The first-order valence-electron chi connectivity index (χ1n) is 7.13. The van der Waals surface area contributed by atoms with Gasteiger partial charge >= 0.3 is 0 Å². The normalized spacial score (nSPS) is 10.9. The maximum atomic E-state index is 12.0. The lowest BCUT2D eigenvalue weighted by atomic mass is 10.0. The van der Waals surface area contributed by atoms with Crippen LogP contribution in [0, 0.1) is 0 Å². The van der Waals surface area contributed by atoms with Gasteiger partial charge in [-0.25, -0.2) is 4.68 Å². The maximum Gasteiger partial charge on any atom is 0.257 e. The predicted molar refractivity (Wildman–Crippen MR) is 89.9 cm³/mol. The van der Waals surface area contributed by atoms with E-state index in [1.54, 1.807) is 16.8 Å². The van der Waals surface area contributed by atoms with Gasteiger partial charge in [-0.3, -0.25) is 4.79 Å². The highest BCUT2D eigenvalue weighted by Crippen LogP contribution is 2.17. The second-order valence-electron chi connectivity index (χ2n) is 5.36. The molecule has 0 fully saturated rings. The Morgan fingerprint density at radius 1 is 1.18 bits per heavy atom. The Kier molecular flexibility index (Phi) is 4.06. The fourth-order valence-electron chi connectivity index (χ4n) is 2.13. The molecule has 0 bridgehead atoms. The van der Waals surface area contributed by atoms with E-state index in [0.717, 1.165) is 5.69 Å². The summed E-state index contributed by atoms with van der Waals surface area (Å²) in [5.41, 5.74) is 2.92. The van der Waals surface area contributed by atoms with Crippen LogP contribution >= 0.6 is 11.3 Å². The number of nitrogens with one attached hydrogen (secondary N) is 1. The molecule has 112 valence electrons. The average Bonchev–Trinajstić information content (AvgIpc) is 3.19. The monoisotopic (exact) mass is 311 g/mol. The van der Waals surface area contributed by atoms with Crippen LogP contribution in [0.5, 0.6) is 0 Å². The summed E-state index contributed by atoms with van der Waals surface area (Å²) >= 11 is 1.50. The summed E-state index contributed by atoms with van der Waals surface area (Å²) in [4.78, 5) is 12.0. The van der Waals surface area contributed by atoms with Gasteiger partial charge in [-0.2, -0.15) is 16.4 Å². The Hall–Kier alpha value is -2.40. The zero-order valence-electron chi connectivity index (χ0n) is 12.5. The number of hydrogen-bond donors (Lipinski definition) is 1. The van der Waals surface area contributed by atoms with Gasteiger partial charge in [0.05, 0.1) is 11.3 Å². The lowest BCUT2D eigenvalue weighted by Gasteiger charge is -2.07. The molecule has 0 saturated carbocycles. The second kappa shape index (κ2) is 6.15. The van der Waals surface area contributed by atoms with Crippen molar-refractivity contribution < 1.29 is 4.79 Å². The molecule has 1 aromatic carbocycles. The van der Waals surface area contributed by atoms with Crippen LogP contribution in [0.2, 0.25) is 0 Å². The zero-order valence-corrected chi connectivity index (χ0v) is 13.3. The first-order chi connectivity index (χ1) is 10.6. The largest absolute Gasteiger partial charge is 0.305 e. The van der Waals surface area contributed by atoms with Crippen molar-refractivity contribution in [2.24, 2.45) is 0 Å². The lowest BCUT2D eigenvalue weighted by Crippen LogP contribution is -2.11. The number of benzene rings is 1. The maximum absolute atomic E-state index is 12.0. The highest BCUT2D eigenvalue weighted by molar-refractivity contribution is 7.08. The summed E-state index contributed by atoms with van der Waals surface area (Å²) in [5.74, 6) is 0.915. The van der Waals surface area contributed by atoms with Crippen molar-refractivity contribution in [3.8, 4) is 5.69 Å². The Morgan fingerprint density at radius 3 is 2.59 bits per heavy atom. The molecule has 3 rings (SSSR count). The van der Waals surface area contributed by atoms with E-state index in [2.05, 4.69) is 36.4 Å². The van der Waals surface area contributed by atoms with Crippen molar-refractivity contribution in [3.63, 3.8) is 0 Å². The molecule has 0 saturated heterocycles. The molecule has 0 spiro atoms. The quantitative estimate of drug-likeness (QED) is 0.780. The minimum Gasteiger partial charge on any atom is -0.305 e. The van der Waals surface area contributed by atoms with Crippen LogP contribution in [-0.2, 0) is 0 Å². The minimum atomic E-state index is -0.137. The van der Waals surface area contributed by atoms with Crippen molar-refractivity contribution >= 4 is 23.1 Å². The van der Waals surface area contributed by atoms with Crippen molar-refractivity contribution in [1.29, 1.82) is 0 Å². The van der Waals surface area contributed by atoms with Gasteiger partial charge in [0.25, 0.3) is 5.91 Å². The SMILES string of the molecule is CC(C)c1ccc(-n2ccc(NC(=O)c3ccsc3)n2)cc1. The molecular formula is C17H17N3OS. The summed E-state index contributed by atoms with van der Waals surface area (Å²) in [7, 11) is 0. The predicted octanol–water partition coefficient (Wildman–Crippen LogP) is 4.31. The molecular weight excluding hydrogens is 294 g/mol. The molecule has 2 heterocycles. The number of aromatic nitrogens is 2. The van der Waals surface area contributed by atoms with Gasteiger partial charge < -0.3 is 5.32 Å². The van der Waals surface area contributed by atoms with Crippen LogP contribution in [0.1, 0.15) is 35.7 Å². The molecule has 0 atom stereocenters. The molecule has 0 unspecified atom stereocenters. The molecule has 22 heavy (non-hydrogen) atoms. The number of carbonyl (C=O) groups excluding carboxylic acids is 1. The average molecular weight is 311 g/mol. The van der Waals surface area contributed by atoms with Crippen LogP contribution in [-0.4, -0.2) is 15.7 Å². The van der Waals surface area contributed by atoms with E-state index >= 15 is 0 Å². The molecule has 0 aliphatic carbocycles. The van der Waals surface area contributed by atoms with Crippen LogP contribution in [0.3, 0.4) is 0 Å². The molecule has 1 amide bonds. The zero-order chi connectivity index (χ0) is 15.5. The third kappa shape index (κ3) is 3.09. The summed E-state index contributed by atoms with van der Waals surface area (Å²) in [6.07, 6.45) is 1.84. The van der Waals surface area contributed by atoms with Crippen molar-refractivity contribution in [3.05, 3.63) is 64.5 Å². The van der Waals surface area contributed by atoms with Gasteiger partial charge in [-0.05, 0) is 35.1 Å². The molecule has 2 aromatic heterocycles. The summed E-state index contributed by atoms with van der Waals surface area (Å²) in [5, 5.41) is 10.9. The molecule has 4 nitrogen and oxygen atoms in total. The third-order valence-electron chi connectivity index (χ3n) is 3.44. The first-order valence-corrected chi connectivity index (χ1v) is 8.07. The van der Waals surface area contributed by atoms with E-state index in [9.17, 15) is 4.79 Å². The number of amides is 1. The van der Waals surface area contributed by atoms with E-state index in [1.807, 2.05) is 29.1 Å². The minimum absolute atomic E-state index is 0.137. The molecule has 0 radical (unpaired) electrons. The molecule has 3 aromatic rings. The van der Waals surface area contributed by atoms with Gasteiger partial charge in [0, 0.05) is 17.6 Å². The molecule has 5 heteroatoms. The van der Waals surface area contributed by atoms with E-state index < -0.39 is 0 Å². The van der Waals surface area contributed by atoms with Crippen LogP contribution in [0.4, 0.5) is 5.82 Å². The Balaban J connectivity index is 1.74. The highest BCUT2D eigenvalue weighted by Gasteiger charge is 2.09. The third-order valence-corrected chi connectivity index (χ3v) is 4.12. The van der Waals surface area contributed by atoms with Crippen molar-refractivity contribution in [2.75, 3.05) is 5.32 Å². The number of anilines is 1. The van der Waals surface area contributed by atoms with E-state index in [1.165, 1.54) is 16.9 Å². The number of hydrogen-bond acceptors (Lipinski definition) is 3. The Bertz CT molecular complexity index is 758. The fourth-order valence-corrected chi connectivity index (χ4v) is 2.76. The number of rotatable bonds is 4. The van der Waals surface area contributed by atoms with Crippen LogP contribution in [0.25, 0.3) is 5.69 Å². The summed E-state index contributed by atoms with van der Waals surface area (Å²) in [6.45, 7) is 4.34. The Morgan fingerprint density at radius 2 is 1.95 bits per heavy atom. The highest BCUT2D eigenvalue weighted by atomic mass is 32.1.